The predicted molar refractivity (Wildman–Crippen MR) is 200 cm³/mol. The minimum Gasteiger partial charge on any atom is -0.480 e. The summed E-state index contributed by atoms with van der Waals surface area (Å²) >= 11 is 0. The maximum absolute atomic E-state index is 13.4. The van der Waals surface area contributed by atoms with Crippen LogP contribution in [0.15, 0.2) is 41.4 Å². The summed E-state index contributed by atoms with van der Waals surface area (Å²) in [5.74, 6) is -3.98. The highest BCUT2D eigenvalue weighted by atomic mass is 16.7. The van der Waals surface area contributed by atoms with E-state index >= 15 is 0 Å². The minimum absolute atomic E-state index is 0.0394. The monoisotopic (exact) mass is 765 g/mol. The van der Waals surface area contributed by atoms with Gasteiger partial charge in [-0.3, -0.25) is 14.6 Å². The van der Waals surface area contributed by atoms with Gasteiger partial charge in [0, 0.05) is 38.5 Å². The summed E-state index contributed by atoms with van der Waals surface area (Å²) in [6.45, 7) is 12.3. The first-order chi connectivity index (χ1) is 25.5. The van der Waals surface area contributed by atoms with Crippen LogP contribution in [0.2, 0.25) is 0 Å². The molecule has 1 unspecified atom stereocenters. The van der Waals surface area contributed by atoms with Gasteiger partial charge in [0.1, 0.15) is 18.9 Å². The van der Waals surface area contributed by atoms with Crippen LogP contribution in [0.5, 0.6) is 0 Å². The van der Waals surface area contributed by atoms with Crippen molar-refractivity contribution in [3.8, 4) is 0 Å². The van der Waals surface area contributed by atoms with Gasteiger partial charge in [0.05, 0.1) is 24.4 Å². The number of rotatable bonds is 20. The van der Waals surface area contributed by atoms with E-state index in [1.54, 1.807) is 12.2 Å². The quantitative estimate of drug-likeness (QED) is 0.0235. The molecule has 306 valence electrons. The van der Waals surface area contributed by atoms with E-state index in [1.807, 2.05) is 19.9 Å². The first-order valence-corrected chi connectivity index (χ1v) is 18.9. The topological polar surface area (TPSA) is 247 Å². The predicted octanol–water partition coefficient (Wildman–Crippen LogP) is 2.13. The van der Waals surface area contributed by atoms with E-state index in [2.05, 4.69) is 36.1 Å². The SMILES string of the molecule is C=C1C[C@](OC)([C@H](O)C(=O)NC2OCO[C@@H]3CC(C)(C)[C@@H](C[C@H](O)CCCCC/C=C/C=C/C(=O)N[C@@H](CCCN=C(N)N)C(=O)O)O[C@H]23)O[C@H](C)[C@@H]1C. The van der Waals surface area contributed by atoms with Crippen molar-refractivity contribution < 1.29 is 53.4 Å². The number of nitrogens with one attached hydrogen (secondary N) is 2. The van der Waals surface area contributed by atoms with Crippen molar-refractivity contribution in [1.29, 1.82) is 0 Å². The molecular weight excluding hydrogens is 702 g/mol. The number of unbranched alkanes of at least 4 members (excludes halogenated alkanes) is 3. The molecule has 0 aromatic carbocycles. The molecule has 3 saturated heterocycles. The van der Waals surface area contributed by atoms with Crippen molar-refractivity contribution in [1.82, 2.24) is 10.6 Å². The van der Waals surface area contributed by atoms with Crippen LogP contribution >= 0.6 is 0 Å². The molecule has 0 radical (unpaired) electrons. The van der Waals surface area contributed by atoms with E-state index < -0.39 is 54.2 Å². The number of nitrogens with zero attached hydrogens (tertiary/aromatic N) is 1. The van der Waals surface area contributed by atoms with Gasteiger partial charge in [-0.2, -0.15) is 0 Å². The Morgan fingerprint density at radius 3 is 2.50 bits per heavy atom. The highest BCUT2D eigenvalue weighted by Crippen LogP contribution is 2.42. The van der Waals surface area contributed by atoms with Gasteiger partial charge >= 0.3 is 5.97 Å². The number of aliphatic hydroxyl groups excluding tert-OH is 2. The third kappa shape index (κ3) is 13.1. The number of allylic oxidation sites excluding steroid dienone is 3. The molecule has 54 heavy (non-hydrogen) atoms. The second-order valence-corrected chi connectivity index (χ2v) is 15.2. The number of hydrogen-bond donors (Lipinski definition) is 7. The number of carbonyl (C=O) groups is 3. The fourth-order valence-corrected chi connectivity index (χ4v) is 7.00. The van der Waals surface area contributed by atoms with Crippen LogP contribution in [-0.2, 0) is 38.1 Å². The standard InChI is InChI=1S/C38H63N5O11/c1-23-20-38(50-6,54-25(3)24(23)2)32(46)33(47)43-34-31-28(51-22-52-34)21-37(4,5)29(53-31)19-26(44)15-12-10-8-7-9-11-13-17-30(45)42-27(35(48)49)16-14-18-41-36(39)40/h9,11,13,17,24-29,31-32,34,44,46H,1,7-8,10,12,14-16,18-22H2,2-6H3,(H,42,45)(H,43,47)(H,48,49)(H4,39,40,41)/b11-9+,17-13+/t24-,25-,26-,27+,28-,29-,31+,32-,34?,38-/m1/s1. The average Bonchev–Trinajstić information content (AvgIpc) is 3.10. The van der Waals surface area contributed by atoms with Gasteiger partial charge in [0.25, 0.3) is 5.91 Å². The lowest BCUT2D eigenvalue weighted by atomic mass is 9.74. The van der Waals surface area contributed by atoms with E-state index in [0.717, 1.165) is 31.3 Å². The molecule has 3 heterocycles. The average molecular weight is 766 g/mol. The molecule has 16 nitrogen and oxygen atoms in total. The van der Waals surface area contributed by atoms with Crippen LogP contribution in [0, 0.1) is 11.3 Å². The largest absolute Gasteiger partial charge is 0.480 e. The second-order valence-electron chi connectivity index (χ2n) is 15.2. The lowest BCUT2D eigenvalue weighted by molar-refractivity contribution is -0.306. The Morgan fingerprint density at radius 2 is 1.83 bits per heavy atom. The highest BCUT2D eigenvalue weighted by Gasteiger charge is 2.53. The normalized spacial score (nSPS) is 29.9. The lowest BCUT2D eigenvalue weighted by Crippen LogP contribution is -2.65. The smallest absolute Gasteiger partial charge is 0.326 e. The number of guanidine groups is 1. The van der Waals surface area contributed by atoms with Gasteiger partial charge in [-0.15, -0.1) is 0 Å². The van der Waals surface area contributed by atoms with Gasteiger partial charge < -0.3 is 61.1 Å². The Labute approximate surface area is 318 Å². The summed E-state index contributed by atoms with van der Waals surface area (Å²) in [6, 6.07) is -1.04. The van der Waals surface area contributed by atoms with E-state index in [-0.39, 0.29) is 61.8 Å². The van der Waals surface area contributed by atoms with Crippen molar-refractivity contribution in [2.75, 3.05) is 20.4 Å². The molecule has 2 amide bonds. The summed E-state index contributed by atoms with van der Waals surface area (Å²) in [7, 11) is 1.39. The van der Waals surface area contributed by atoms with Gasteiger partial charge in [-0.1, -0.05) is 64.0 Å². The first kappa shape index (κ1) is 45.0. The number of carboxylic acids is 1. The summed E-state index contributed by atoms with van der Waals surface area (Å²) in [5, 5.41) is 36.7. The number of amides is 2. The number of carboxylic acid groups (broad SMARTS) is 1. The van der Waals surface area contributed by atoms with Crippen LogP contribution in [0.3, 0.4) is 0 Å². The van der Waals surface area contributed by atoms with Crippen LogP contribution < -0.4 is 22.1 Å². The Morgan fingerprint density at radius 1 is 1.09 bits per heavy atom. The molecule has 3 fully saturated rings. The number of methoxy groups -OCH3 is 1. The molecule has 10 atom stereocenters. The summed E-state index contributed by atoms with van der Waals surface area (Å²) in [5.41, 5.74) is 11.0. The Balaban J connectivity index is 1.42. The number of nitrogens with two attached hydrogens (primary N) is 2. The van der Waals surface area contributed by atoms with Gasteiger partial charge in [-0.05, 0) is 50.9 Å². The number of fused-ring (bicyclic) bond motifs is 1. The van der Waals surface area contributed by atoms with E-state index in [0.29, 0.717) is 25.7 Å². The molecule has 0 saturated carbocycles. The van der Waals surface area contributed by atoms with Gasteiger partial charge in [0.2, 0.25) is 11.7 Å². The second kappa shape index (κ2) is 21.1. The number of ether oxygens (including phenoxy) is 5. The molecule has 9 N–H and O–H groups in total. The van der Waals surface area contributed by atoms with Crippen LogP contribution in [0.4, 0.5) is 0 Å². The Kier molecular flexibility index (Phi) is 17.6. The molecule has 0 spiro atoms. The van der Waals surface area contributed by atoms with Crippen molar-refractivity contribution in [2.45, 2.75) is 147 Å². The number of aliphatic hydroxyl groups is 2. The third-order valence-corrected chi connectivity index (χ3v) is 10.6. The lowest BCUT2D eigenvalue weighted by Gasteiger charge is -2.50. The zero-order chi connectivity index (χ0) is 40.1. The number of aliphatic imine (C=N–C) groups is 1. The van der Waals surface area contributed by atoms with E-state index in [9.17, 15) is 29.7 Å². The number of hydrogen-bond acceptors (Lipinski definition) is 11. The van der Waals surface area contributed by atoms with Gasteiger partial charge in [-0.25, -0.2) is 4.79 Å². The van der Waals surface area contributed by atoms with Crippen molar-refractivity contribution in [3.05, 3.63) is 36.5 Å². The molecule has 0 aromatic heterocycles. The maximum Gasteiger partial charge on any atom is 0.326 e. The third-order valence-electron chi connectivity index (χ3n) is 10.6. The number of carbonyl (C=O) groups excluding carboxylic acids is 2. The molecular formula is C38H63N5O11. The molecule has 16 heteroatoms. The summed E-state index contributed by atoms with van der Waals surface area (Å²) in [6.07, 6.45) is 7.40. The molecule has 3 aliphatic heterocycles. The number of aliphatic carboxylic acids is 1. The van der Waals surface area contributed by atoms with Crippen LogP contribution in [0.1, 0.15) is 91.9 Å². The van der Waals surface area contributed by atoms with E-state index in [4.69, 9.17) is 35.2 Å². The fraction of sp³-hybridized carbons (Fsp3) is 0.737. The fourth-order valence-electron chi connectivity index (χ4n) is 7.00. The van der Waals surface area contributed by atoms with Crippen LogP contribution in [0.25, 0.3) is 0 Å². The van der Waals surface area contributed by atoms with Crippen molar-refractivity contribution >= 4 is 23.7 Å². The Hall–Kier alpha value is -3.38. The van der Waals surface area contributed by atoms with Gasteiger partial charge in [0.15, 0.2) is 18.3 Å². The molecule has 3 aliphatic rings. The molecule has 0 aliphatic carbocycles. The highest BCUT2D eigenvalue weighted by molar-refractivity contribution is 5.91. The zero-order valence-electron chi connectivity index (χ0n) is 32.4. The zero-order valence-corrected chi connectivity index (χ0v) is 32.4. The minimum atomic E-state index is -1.66. The Bertz CT molecular complexity index is 1350. The van der Waals surface area contributed by atoms with Crippen molar-refractivity contribution in [3.63, 3.8) is 0 Å². The van der Waals surface area contributed by atoms with E-state index in [1.165, 1.54) is 13.2 Å². The summed E-state index contributed by atoms with van der Waals surface area (Å²) in [4.78, 5) is 40.8. The maximum atomic E-state index is 13.4. The molecule has 3 rings (SSSR count). The van der Waals surface area contributed by atoms with Crippen LogP contribution in [-0.4, -0.2) is 114 Å². The molecule has 0 bridgehead atoms. The first-order valence-electron chi connectivity index (χ1n) is 18.9. The summed E-state index contributed by atoms with van der Waals surface area (Å²) < 4.78 is 29.8. The van der Waals surface area contributed by atoms with Crippen molar-refractivity contribution in [2.24, 2.45) is 27.8 Å². The molecule has 0 aromatic rings.